The summed E-state index contributed by atoms with van der Waals surface area (Å²) in [6.45, 7) is 6.87. The number of methoxy groups -OCH3 is 1. The van der Waals surface area contributed by atoms with Gasteiger partial charge in [-0.25, -0.2) is 4.79 Å². The van der Waals surface area contributed by atoms with Crippen molar-refractivity contribution in [2.45, 2.75) is 66.0 Å². The van der Waals surface area contributed by atoms with Gasteiger partial charge in [-0.2, -0.15) is 0 Å². The predicted octanol–water partition coefficient (Wildman–Crippen LogP) is 4.93. The molecule has 0 radical (unpaired) electrons. The number of ether oxygens (including phenoxy) is 2. The number of aromatic nitrogens is 1. The number of amides is 1. The summed E-state index contributed by atoms with van der Waals surface area (Å²) in [6, 6.07) is 7.81. The minimum Gasteiger partial charge on any atom is -0.497 e. The van der Waals surface area contributed by atoms with E-state index in [9.17, 15) is 9.59 Å². The first-order valence-electron chi connectivity index (χ1n) is 11.2. The Hall–Kier alpha value is -2.76. The van der Waals surface area contributed by atoms with Crippen LogP contribution in [0.4, 0.5) is 0 Å². The van der Waals surface area contributed by atoms with Crippen molar-refractivity contribution in [2.75, 3.05) is 13.7 Å². The van der Waals surface area contributed by atoms with Gasteiger partial charge in [0.05, 0.1) is 25.8 Å². The van der Waals surface area contributed by atoms with E-state index in [-0.39, 0.29) is 11.9 Å². The molecule has 6 nitrogen and oxygen atoms in total. The molecule has 1 amide bonds. The molecule has 1 saturated carbocycles. The number of rotatable bonds is 9. The zero-order chi connectivity index (χ0) is 22.4. The Labute approximate surface area is 184 Å². The van der Waals surface area contributed by atoms with E-state index in [2.05, 4.69) is 4.98 Å². The highest BCUT2D eigenvalue weighted by molar-refractivity contribution is 5.92. The number of aryl methyl sites for hydroxylation is 1. The number of benzene rings is 1. The highest BCUT2D eigenvalue weighted by atomic mass is 16.5. The first kappa shape index (κ1) is 22.9. The van der Waals surface area contributed by atoms with Crippen LogP contribution in [0, 0.1) is 19.8 Å². The number of hydrogen-bond donors (Lipinski definition) is 1. The van der Waals surface area contributed by atoms with Crippen LogP contribution in [0.1, 0.15) is 71.9 Å². The van der Waals surface area contributed by atoms with Crippen LogP contribution in [0.2, 0.25) is 0 Å². The number of carbonyl (C=O) groups excluding carboxylic acids is 2. The topological polar surface area (TPSA) is 71.6 Å². The Kier molecular flexibility index (Phi) is 7.77. The van der Waals surface area contributed by atoms with Crippen LogP contribution < -0.4 is 4.74 Å². The predicted molar refractivity (Wildman–Crippen MR) is 120 cm³/mol. The van der Waals surface area contributed by atoms with Gasteiger partial charge in [-0.15, -0.1) is 0 Å². The lowest BCUT2D eigenvalue weighted by Crippen LogP contribution is -2.31. The van der Waals surface area contributed by atoms with Gasteiger partial charge in [0.25, 0.3) is 0 Å². The van der Waals surface area contributed by atoms with Crippen LogP contribution in [0.3, 0.4) is 0 Å². The maximum absolute atomic E-state index is 13.3. The molecule has 0 bridgehead atoms. The second-order valence-electron chi connectivity index (χ2n) is 8.40. The van der Waals surface area contributed by atoms with Gasteiger partial charge < -0.3 is 19.4 Å². The maximum atomic E-state index is 13.3. The van der Waals surface area contributed by atoms with Crippen LogP contribution >= 0.6 is 0 Å². The molecule has 3 rings (SSSR count). The number of aromatic amines is 1. The molecule has 1 N–H and O–H groups in total. The van der Waals surface area contributed by atoms with Crippen molar-refractivity contribution in [1.29, 1.82) is 0 Å². The molecule has 31 heavy (non-hydrogen) atoms. The van der Waals surface area contributed by atoms with Crippen molar-refractivity contribution in [3.8, 4) is 5.75 Å². The van der Waals surface area contributed by atoms with Crippen molar-refractivity contribution in [2.24, 2.45) is 5.92 Å². The molecule has 1 heterocycles. The summed E-state index contributed by atoms with van der Waals surface area (Å²) in [7, 11) is 1.64. The highest BCUT2D eigenvalue weighted by Gasteiger charge is 2.25. The third-order valence-corrected chi connectivity index (χ3v) is 6.19. The molecule has 0 aliphatic heterocycles. The third-order valence-electron chi connectivity index (χ3n) is 6.19. The minimum atomic E-state index is -0.320. The second kappa shape index (κ2) is 10.5. The van der Waals surface area contributed by atoms with Crippen LogP contribution in [-0.2, 0) is 22.6 Å². The van der Waals surface area contributed by atoms with E-state index in [1.807, 2.05) is 43.0 Å². The van der Waals surface area contributed by atoms with E-state index in [4.69, 9.17) is 9.47 Å². The van der Waals surface area contributed by atoms with Crippen LogP contribution in [0.5, 0.6) is 5.75 Å². The van der Waals surface area contributed by atoms with Crippen LogP contribution in [0.25, 0.3) is 0 Å². The van der Waals surface area contributed by atoms with E-state index >= 15 is 0 Å². The average molecular weight is 427 g/mol. The SMILES string of the molecule is CCOC(=O)c1c(C)[nH]c(CN(Cc2ccc(OC)cc2)C(=O)CC2CCCC2)c1C. The summed E-state index contributed by atoms with van der Waals surface area (Å²) in [5.41, 5.74) is 4.13. The zero-order valence-electron chi connectivity index (χ0n) is 19.1. The Morgan fingerprint density at radius 1 is 1.10 bits per heavy atom. The standard InChI is InChI=1S/C25H34N2O4/c1-5-31-25(29)24-17(2)22(26-18(24)3)16-27(23(28)14-19-8-6-7-9-19)15-20-10-12-21(30-4)13-11-20/h10-13,19,26H,5-9,14-16H2,1-4H3. The Morgan fingerprint density at radius 3 is 2.39 bits per heavy atom. The maximum Gasteiger partial charge on any atom is 0.340 e. The molecule has 1 aromatic heterocycles. The molecule has 168 valence electrons. The van der Waals surface area contributed by atoms with Gasteiger partial charge in [0.1, 0.15) is 5.75 Å². The number of hydrogen-bond acceptors (Lipinski definition) is 4. The normalized spacial score (nSPS) is 13.9. The first-order valence-corrected chi connectivity index (χ1v) is 11.2. The number of carbonyl (C=O) groups is 2. The van der Waals surface area contributed by atoms with Gasteiger partial charge in [-0.3, -0.25) is 4.79 Å². The summed E-state index contributed by atoms with van der Waals surface area (Å²) in [5.74, 6) is 1.11. The Balaban J connectivity index is 1.82. The summed E-state index contributed by atoms with van der Waals surface area (Å²) in [4.78, 5) is 30.8. The van der Waals surface area contributed by atoms with E-state index in [0.29, 0.717) is 37.6 Å². The molecule has 6 heteroatoms. The fraction of sp³-hybridized carbons (Fsp3) is 0.520. The van der Waals surface area contributed by atoms with E-state index in [1.54, 1.807) is 14.0 Å². The van der Waals surface area contributed by atoms with E-state index < -0.39 is 0 Å². The van der Waals surface area contributed by atoms with Crippen LogP contribution in [-0.4, -0.2) is 35.5 Å². The molecule has 0 atom stereocenters. The number of nitrogens with one attached hydrogen (secondary N) is 1. The van der Waals surface area contributed by atoms with Gasteiger partial charge >= 0.3 is 5.97 Å². The third kappa shape index (κ3) is 5.69. The smallest absolute Gasteiger partial charge is 0.340 e. The Bertz CT molecular complexity index is 895. The summed E-state index contributed by atoms with van der Waals surface area (Å²) in [5, 5.41) is 0. The monoisotopic (exact) mass is 426 g/mol. The summed E-state index contributed by atoms with van der Waals surface area (Å²) >= 11 is 0. The quantitative estimate of drug-likeness (QED) is 0.578. The van der Waals surface area contributed by atoms with Crippen molar-refractivity contribution in [1.82, 2.24) is 9.88 Å². The lowest BCUT2D eigenvalue weighted by atomic mass is 10.0. The molecule has 2 aromatic rings. The van der Waals surface area contributed by atoms with Gasteiger partial charge in [0.15, 0.2) is 0 Å². The van der Waals surface area contributed by atoms with Gasteiger partial charge in [-0.1, -0.05) is 25.0 Å². The zero-order valence-corrected chi connectivity index (χ0v) is 19.1. The second-order valence-corrected chi connectivity index (χ2v) is 8.40. The van der Waals surface area contributed by atoms with E-state index in [1.165, 1.54) is 12.8 Å². The molecular weight excluding hydrogens is 392 g/mol. The molecule has 1 aromatic carbocycles. The van der Waals surface area contributed by atoms with Gasteiger partial charge in [0.2, 0.25) is 5.91 Å². The fourth-order valence-corrected chi connectivity index (χ4v) is 4.45. The largest absolute Gasteiger partial charge is 0.497 e. The van der Waals surface area contributed by atoms with E-state index in [0.717, 1.165) is 41.1 Å². The lowest BCUT2D eigenvalue weighted by molar-refractivity contribution is -0.133. The van der Waals surface area contributed by atoms with Crippen molar-refractivity contribution in [3.05, 3.63) is 52.3 Å². The van der Waals surface area contributed by atoms with Crippen molar-refractivity contribution >= 4 is 11.9 Å². The van der Waals surface area contributed by atoms with Crippen LogP contribution in [0.15, 0.2) is 24.3 Å². The average Bonchev–Trinajstić information content (AvgIpc) is 3.35. The summed E-state index contributed by atoms with van der Waals surface area (Å²) < 4.78 is 10.5. The van der Waals surface area contributed by atoms with Crippen molar-refractivity contribution in [3.63, 3.8) is 0 Å². The molecular formula is C25H34N2O4. The Morgan fingerprint density at radius 2 is 1.77 bits per heavy atom. The minimum absolute atomic E-state index is 0.159. The summed E-state index contributed by atoms with van der Waals surface area (Å²) in [6.07, 6.45) is 5.29. The molecule has 1 aliphatic carbocycles. The van der Waals surface area contributed by atoms with Gasteiger partial charge in [0, 0.05) is 24.4 Å². The number of esters is 1. The number of H-pyrrole nitrogens is 1. The molecule has 1 fully saturated rings. The molecule has 0 saturated heterocycles. The molecule has 1 aliphatic rings. The lowest BCUT2D eigenvalue weighted by Gasteiger charge is -2.24. The number of nitrogens with zero attached hydrogens (tertiary/aromatic N) is 1. The fourth-order valence-electron chi connectivity index (χ4n) is 4.45. The first-order chi connectivity index (χ1) is 14.9. The van der Waals surface area contributed by atoms with Gasteiger partial charge in [-0.05, 0) is 62.8 Å². The van der Waals surface area contributed by atoms with Crippen molar-refractivity contribution < 1.29 is 19.1 Å². The molecule has 0 spiro atoms. The highest BCUT2D eigenvalue weighted by Crippen LogP contribution is 2.29. The molecule has 0 unspecified atom stereocenters.